The Morgan fingerprint density at radius 2 is 1.86 bits per heavy atom. The van der Waals surface area contributed by atoms with Gasteiger partial charge in [-0.1, -0.05) is 30.3 Å². The van der Waals surface area contributed by atoms with Gasteiger partial charge in [0.1, 0.15) is 11.5 Å². The zero-order valence-electron chi connectivity index (χ0n) is 16.8. The first-order valence-electron chi connectivity index (χ1n) is 10.4. The van der Waals surface area contributed by atoms with Gasteiger partial charge in [0.15, 0.2) is 0 Å². The van der Waals surface area contributed by atoms with Crippen LogP contribution in [0.3, 0.4) is 0 Å². The molecule has 3 aliphatic rings. The number of ether oxygens (including phenoxy) is 1. The van der Waals surface area contributed by atoms with Gasteiger partial charge in [0.2, 0.25) is 0 Å². The standard InChI is InChI=1S/C22H27N5O2/c1-25-13-17-14-27(15-18(17)21(25)16-5-3-2-4-6-16)20-12-23-11-19(24-20)22(28)26-7-9-29-10-8-26/h2-6,11-12,17-18,21H,7-10,13-15H2,1H3/t17-,18+,21-/m0/s1. The van der Waals surface area contributed by atoms with Gasteiger partial charge in [0.05, 0.1) is 25.6 Å². The molecule has 5 rings (SSSR count). The summed E-state index contributed by atoms with van der Waals surface area (Å²) in [6.45, 7) is 5.39. The van der Waals surface area contributed by atoms with Crippen LogP contribution in [0.5, 0.6) is 0 Å². The third-order valence-corrected chi connectivity index (χ3v) is 6.50. The summed E-state index contributed by atoms with van der Waals surface area (Å²) in [7, 11) is 2.22. The lowest BCUT2D eigenvalue weighted by Crippen LogP contribution is -2.41. The molecule has 1 aromatic heterocycles. The molecular formula is C22H27N5O2. The van der Waals surface area contributed by atoms with Gasteiger partial charge in [0, 0.05) is 44.7 Å². The monoisotopic (exact) mass is 393 g/mol. The van der Waals surface area contributed by atoms with Crippen LogP contribution in [0.1, 0.15) is 22.1 Å². The molecule has 0 radical (unpaired) electrons. The van der Waals surface area contributed by atoms with Crippen molar-refractivity contribution in [1.29, 1.82) is 0 Å². The van der Waals surface area contributed by atoms with Gasteiger partial charge in [-0.2, -0.15) is 0 Å². The van der Waals surface area contributed by atoms with E-state index in [-0.39, 0.29) is 5.91 Å². The highest BCUT2D eigenvalue weighted by atomic mass is 16.5. The van der Waals surface area contributed by atoms with Gasteiger partial charge >= 0.3 is 0 Å². The van der Waals surface area contributed by atoms with E-state index in [4.69, 9.17) is 9.72 Å². The van der Waals surface area contributed by atoms with Crippen molar-refractivity contribution in [1.82, 2.24) is 19.8 Å². The van der Waals surface area contributed by atoms with E-state index < -0.39 is 0 Å². The minimum Gasteiger partial charge on any atom is -0.378 e. The lowest BCUT2D eigenvalue weighted by molar-refractivity contribution is 0.0299. The molecule has 152 valence electrons. The van der Waals surface area contributed by atoms with Crippen molar-refractivity contribution in [3.63, 3.8) is 0 Å². The van der Waals surface area contributed by atoms with Crippen molar-refractivity contribution in [2.45, 2.75) is 6.04 Å². The van der Waals surface area contributed by atoms with Crippen molar-refractivity contribution < 1.29 is 9.53 Å². The second-order valence-corrected chi connectivity index (χ2v) is 8.29. The average Bonchev–Trinajstić information content (AvgIpc) is 3.31. The topological polar surface area (TPSA) is 61.8 Å². The molecule has 3 atom stereocenters. The maximum absolute atomic E-state index is 12.8. The van der Waals surface area contributed by atoms with E-state index in [2.05, 4.69) is 52.2 Å². The number of benzene rings is 1. The first-order chi connectivity index (χ1) is 14.2. The van der Waals surface area contributed by atoms with Crippen molar-refractivity contribution in [3.05, 3.63) is 54.0 Å². The molecule has 3 saturated heterocycles. The number of aromatic nitrogens is 2. The Morgan fingerprint density at radius 1 is 1.07 bits per heavy atom. The Labute approximate surface area is 171 Å². The van der Waals surface area contributed by atoms with Crippen molar-refractivity contribution in [3.8, 4) is 0 Å². The quantitative estimate of drug-likeness (QED) is 0.791. The number of rotatable bonds is 3. The molecule has 7 heteroatoms. The van der Waals surface area contributed by atoms with Crippen LogP contribution >= 0.6 is 0 Å². The molecule has 29 heavy (non-hydrogen) atoms. The van der Waals surface area contributed by atoms with Crippen LogP contribution < -0.4 is 4.90 Å². The summed E-state index contributed by atoms with van der Waals surface area (Å²) in [4.78, 5) is 28.4. The predicted octanol–water partition coefficient (Wildman–Crippen LogP) is 1.69. The summed E-state index contributed by atoms with van der Waals surface area (Å²) >= 11 is 0. The summed E-state index contributed by atoms with van der Waals surface area (Å²) in [6.07, 6.45) is 3.37. The maximum Gasteiger partial charge on any atom is 0.274 e. The molecule has 0 saturated carbocycles. The second-order valence-electron chi connectivity index (χ2n) is 8.29. The molecule has 1 aromatic carbocycles. The van der Waals surface area contributed by atoms with Gasteiger partial charge < -0.3 is 14.5 Å². The molecule has 7 nitrogen and oxygen atoms in total. The Morgan fingerprint density at radius 3 is 2.66 bits per heavy atom. The second kappa shape index (κ2) is 7.72. The third-order valence-electron chi connectivity index (χ3n) is 6.50. The van der Waals surface area contributed by atoms with Crippen LogP contribution in [-0.2, 0) is 4.74 Å². The maximum atomic E-state index is 12.8. The van der Waals surface area contributed by atoms with Gasteiger partial charge in [0.25, 0.3) is 5.91 Å². The third kappa shape index (κ3) is 3.49. The van der Waals surface area contributed by atoms with Crippen LogP contribution in [0.2, 0.25) is 0 Å². The fraction of sp³-hybridized carbons (Fsp3) is 0.500. The van der Waals surface area contributed by atoms with Crippen molar-refractivity contribution >= 4 is 11.7 Å². The number of morpholine rings is 1. The predicted molar refractivity (Wildman–Crippen MR) is 110 cm³/mol. The molecule has 4 heterocycles. The first-order valence-corrected chi connectivity index (χ1v) is 10.4. The van der Waals surface area contributed by atoms with Crippen LogP contribution in [0.15, 0.2) is 42.7 Å². The molecule has 2 aromatic rings. The summed E-state index contributed by atoms with van der Waals surface area (Å²) in [6, 6.07) is 11.2. The molecule has 1 amide bonds. The highest BCUT2D eigenvalue weighted by Gasteiger charge is 2.46. The molecule has 0 aliphatic carbocycles. The largest absolute Gasteiger partial charge is 0.378 e. The van der Waals surface area contributed by atoms with E-state index in [9.17, 15) is 4.79 Å². The number of carbonyl (C=O) groups is 1. The molecule has 3 fully saturated rings. The number of likely N-dealkylation sites (tertiary alicyclic amines) is 1. The number of carbonyl (C=O) groups excluding carboxylic acids is 1. The lowest BCUT2D eigenvalue weighted by atomic mass is 9.90. The Balaban J connectivity index is 1.34. The van der Waals surface area contributed by atoms with Gasteiger partial charge in [-0.25, -0.2) is 4.98 Å². The highest BCUT2D eigenvalue weighted by molar-refractivity contribution is 5.92. The fourth-order valence-corrected chi connectivity index (χ4v) is 5.14. The molecule has 0 unspecified atom stereocenters. The minimum atomic E-state index is -0.0519. The summed E-state index contributed by atoms with van der Waals surface area (Å²) in [5.74, 6) is 1.92. The van der Waals surface area contributed by atoms with Crippen LogP contribution in [0.4, 0.5) is 5.82 Å². The SMILES string of the molecule is CN1C[C@H]2CN(c3cncc(C(=O)N4CCOCC4)n3)C[C@H]2[C@@H]1c1ccccc1. The number of anilines is 1. The number of amides is 1. The van der Waals surface area contributed by atoms with Gasteiger partial charge in [-0.05, 0) is 18.5 Å². The minimum absolute atomic E-state index is 0.0519. The normalized spacial score (nSPS) is 27.3. The Kier molecular flexibility index (Phi) is 4.93. The summed E-state index contributed by atoms with van der Waals surface area (Å²) in [5, 5.41) is 0. The molecule has 0 bridgehead atoms. The summed E-state index contributed by atoms with van der Waals surface area (Å²) in [5.41, 5.74) is 1.81. The Hall–Kier alpha value is -2.51. The molecule has 0 spiro atoms. The fourth-order valence-electron chi connectivity index (χ4n) is 5.14. The van der Waals surface area contributed by atoms with E-state index in [1.165, 1.54) is 5.56 Å². The van der Waals surface area contributed by atoms with E-state index in [0.717, 1.165) is 25.5 Å². The van der Waals surface area contributed by atoms with E-state index >= 15 is 0 Å². The van der Waals surface area contributed by atoms with Crippen molar-refractivity contribution in [2.75, 3.05) is 57.9 Å². The van der Waals surface area contributed by atoms with Crippen LogP contribution in [-0.4, -0.2) is 78.7 Å². The Bertz CT molecular complexity index is 871. The first kappa shape index (κ1) is 18.5. The molecular weight excluding hydrogens is 366 g/mol. The number of fused-ring (bicyclic) bond motifs is 1. The van der Waals surface area contributed by atoms with Crippen molar-refractivity contribution in [2.24, 2.45) is 11.8 Å². The van der Waals surface area contributed by atoms with Gasteiger partial charge in [-0.15, -0.1) is 0 Å². The van der Waals surface area contributed by atoms with E-state index in [1.807, 2.05) is 0 Å². The number of nitrogens with zero attached hydrogens (tertiary/aromatic N) is 5. The zero-order valence-corrected chi connectivity index (χ0v) is 16.8. The number of hydrogen-bond donors (Lipinski definition) is 0. The molecule has 0 N–H and O–H groups in total. The zero-order chi connectivity index (χ0) is 19.8. The van der Waals surface area contributed by atoms with E-state index in [0.29, 0.717) is 49.9 Å². The van der Waals surface area contributed by atoms with Crippen LogP contribution in [0.25, 0.3) is 0 Å². The van der Waals surface area contributed by atoms with Crippen LogP contribution in [0, 0.1) is 11.8 Å². The van der Waals surface area contributed by atoms with Gasteiger partial charge in [-0.3, -0.25) is 14.7 Å². The lowest BCUT2D eigenvalue weighted by Gasteiger charge is -2.28. The average molecular weight is 393 g/mol. The summed E-state index contributed by atoms with van der Waals surface area (Å²) < 4.78 is 5.35. The number of hydrogen-bond acceptors (Lipinski definition) is 6. The highest BCUT2D eigenvalue weighted by Crippen LogP contribution is 2.44. The molecule has 3 aliphatic heterocycles. The van der Waals surface area contributed by atoms with E-state index in [1.54, 1.807) is 17.3 Å². The smallest absolute Gasteiger partial charge is 0.274 e.